The van der Waals surface area contributed by atoms with Gasteiger partial charge >= 0.3 is 0 Å². The summed E-state index contributed by atoms with van der Waals surface area (Å²) in [6.07, 6.45) is 3.58. The highest BCUT2D eigenvalue weighted by atomic mass is 15.2. The predicted octanol–water partition coefficient (Wildman–Crippen LogP) is 2.03. The maximum Gasteiger partial charge on any atom is 0.152 e. The largest absolute Gasteiger partial charge is 0.365 e. The van der Waals surface area contributed by atoms with Crippen molar-refractivity contribution in [2.75, 3.05) is 11.9 Å². The fourth-order valence-electron chi connectivity index (χ4n) is 1.42. The first kappa shape index (κ1) is 9.71. The van der Waals surface area contributed by atoms with E-state index in [1.165, 1.54) is 0 Å². The minimum Gasteiger partial charge on any atom is -0.365 e. The Balaban J connectivity index is 2.37. The number of hydrogen-bond donors (Lipinski definition) is 1. The lowest BCUT2D eigenvalue weighted by Gasteiger charge is -2.05. The van der Waals surface area contributed by atoms with Crippen LogP contribution in [0.1, 0.15) is 12.6 Å². The van der Waals surface area contributed by atoms with Crippen molar-refractivity contribution in [2.24, 2.45) is 0 Å². The number of anilines is 1. The average molecular weight is 202 g/mol. The van der Waals surface area contributed by atoms with E-state index in [1.807, 2.05) is 30.6 Å². The van der Waals surface area contributed by atoms with Gasteiger partial charge in [0.2, 0.25) is 0 Å². The number of hydrogen-bond acceptors (Lipinski definition) is 3. The maximum atomic E-state index is 4.32. The fourth-order valence-corrected chi connectivity index (χ4v) is 1.42. The standard InChI is InChI=1S/C11H14N4/c1-8(2)7-13-11-10-6-9(3)14-15(10)5-4-12-11/h4-6H,1,7H2,2-3H3,(H,12,13). The zero-order chi connectivity index (χ0) is 10.8. The minimum atomic E-state index is 0.733. The molecule has 1 N–H and O–H groups in total. The van der Waals surface area contributed by atoms with Crippen LogP contribution in [0, 0.1) is 6.92 Å². The summed E-state index contributed by atoms with van der Waals surface area (Å²) in [5.41, 5.74) is 3.06. The number of fused-ring (bicyclic) bond motifs is 1. The lowest BCUT2D eigenvalue weighted by atomic mass is 10.3. The summed E-state index contributed by atoms with van der Waals surface area (Å²) in [5, 5.41) is 7.54. The number of nitrogens with zero attached hydrogens (tertiary/aromatic N) is 3. The van der Waals surface area contributed by atoms with Gasteiger partial charge < -0.3 is 5.32 Å². The van der Waals surface area contributed by atoms with Crippen LogP contribution in [0.3, 0.4) is 0 Å². The third-order valence-corrected chi connectivity index (χ3v) is 2.07. The molecule has 0 radical (unpaired) electrons. The highest BCUT2D eigenvalue weighted by Gasteiger charge is 2.03. The van der Waals surface area contributed by atoms with E-state index < -0.39 is 0 Å². The number of aryl methyl sites for hydroxylation is 1. The van der Waals surface area contributed by atoms with E-state index in [0.717, 1.165) is 29.1 Å². The molecule has 0 aliphatic carbocycles. The van der Waals surface area contributed by atoms with Crippen LogP contribution in [0.4, 0.5) is 5.82 Å². The number of nitrogens with one attached hydrogen (secondary N) is 1. The molecule has 0 aromatic carbocycles. The molecule has 2 aromatic heterocycles. The van der Waals surface area contributed by atoms with Gasteiger partial charge in [-0.3, -0.25) is 0 Å². The first-order valence-electron chi connectivity index (χ1n) is 4.86. The van der Waals surface area contributed by atoms with Gasteiger partial charge in [0.25, 0.3) is 0 Å². The molecule has 78 valence electrons. The Kier molecular flexibility index (Phi) is 2.41. The molecule has 4 heteroatoms. The van der Waals surface area contributed by atoms with Crippen LogP contribution >= 0.6 is 0 Å². The molecule has 0 aliphatic heterocycles. The Hall–Kier alpha value is -1.84. The Morgan fingerprint density at radius 1 is 1.60 bits per heavy atom. The molecule has 4 nitrogen and oxygen atoms in total. The minimum absolute atomic E-state index is 0.733. The second-order valence-corrected chi connectivity index (χ2v) is 3.70. The van der Waals surface area contributed by atoms with Crippen LogP contribution in [-0.2, 0) is 0 Å². The second kappa shape index (κ2) is 3.73. The summed E-state index contributed by atoms with van der Waals surface area (Å²) in [6.45, 7) is 8.52. The monoisotopic (exact) mass is 202 g/mol. The van der Waals surface area contributed by atoms with Crippen molar-refractivity contribution in [3.63, 3.8) is 0 Å². The van der Waals surface area contributed by atoms with Crippen LogP contribution in [0.2, 0.25) is 0 Å². The lowest BCUT2D eigenvalue weighted by molar-refractivity contribution is 0.921. The van der Waals surface area contributed by atoms with Crippen molar-refractivity contribution < 1.29 is 0 Å². The molecule has 2 heterocycles. The van der Waals surface area contributed by atoms with Gasteiger partial charge in [0.1, 0.15) is 5.52 Å². The van der Waals surface area contributed by atoms with Crippen LogP contribution in [0.5, 0.6) is 0 Å². The number of rotatable bonds is 3. The van der Waals surface area contributed by atoms with Crippen molar-refractivity contribution in [2.45, 2.75) is 13.8 Å². The van der Waals surface area contributed by atoms with Crippen molar-refractivity contribution in [3.8, 4) is 0 Å². The fraction of sp³-hybridized carbons (Fsp3) is 0.273. The summed E-state index contributed by atoms with van der Waals surface area (Å²) in [4.78, 5) is 4.28. The highest BCUT2D eigenvalue weighted by Crippen LogP contribution is 2.14. The molecule has 0 bridgehead atoms. The summed E-state index contributed by atoms with van der Waals surface area (Å²) in [5.74, 6) is 0.848. The smallest absolute Gasteiger partial charge is 0.152 e. The van der Waals surface area contributed by atoms with Gasteiger partial charge in [0.15, 0.2) is 5.82 Å². The van der Waals surface area contributed by atoms with Crippen molar-refractivity contribution in [3.05, 3.63) is 36.3 Å². The maximum absolute atomic E-state index is 4.32. The van der Waals surface area contributed by atoms with E-state index in [9.17, 15) is 0 Å². The van der Waals surface area contributed by atoms with Crippen molar-refractivity contribution in [1.82, 2.24) is 14.6 Å². The Labute approximate surface area is 88.6 Å². The molecule has 0 saturated heterocycles. The first-order valence-corrected chi connectivity index (χ1v) is 4.86. The molecular weight excluding hydrogens is 188 g/mol. The Morgan fingerprint density at radius 2 is 2.40 bits per heavy atom. The van der Waals surface area contributed by atoms with Crippen LogP contribution in [0.15, 0.2) is 30.6 Å². The summed E-state index contributed by atoms with van der Waals surface area (Å²) in [7, 11) is 0. The zero-order valence-corrected chi connectivity index (χ0v) is 8.99. The lowest BCUT2D eigenvalue weighted by Crippen LogP contribution is -2.05. The van der Waals surface area contributed by atoms with Gasteiger partial charge in [0.05, 0.1) is 5.69 Å². The van der Waals surface area contributed by atoms with E-state index in [1.54, 1.807) is 6.20 Å². The van der Waals surface area contributed by atoms with Gasteiger partial charge in [0, 0.05) is 18.9 Å². The molecule has 15 heavy (non-hydrogen) atoms. The van der Waals surface area contributed by atoms with E-state index in [-0.39, 0.29) is 0 Å². The van der Waals surface area contributed by atoms with Crippen molar-refractivity contribution in [1.29, 1.82) is 0 Å². The third-order valence-electron chi connectivity index (χ3n) is 2.07. The summed E-state index contributed by atoms with van der Waals surface area (Å²) in [6, 6.07) is 2.01. The normalized spacial score (nSPS) is 10.5. The topological polar surface area (TPSA) is 42.2 Å². The molecule has 0 spiro atoms. The quantitative estimate of drug-likeness (QED) is 0.774. The molecule has 2 rings (SSSR count). The molecule has 0 aliphatic rings. The number of aromatic nitrogens is 3. The van der Waals surface area contributed by atoms with E-state index in [0.29, 0.717) is 0 Å². The molecule has 0 saturated carbocycles. The highest BCUT2D eigenvalue weighted by molar-refractivity contribution is 5.67. The van der Waals surface area contributed by atoms with Gasteiger partial charge in [-0.25, -0.2) is 9.50 Å². The second-order valence-electron chi connectivity index (χ2n) is 3.70. The molecule has 2 aromatic rings. The third kappa shape index (κ3) is 1.98. The zero-order valence-electron chi connectivity index (χ0n) is 8.99. The van der Waals surface area contributed by atoms with E-state index >= 15 is 0 Å². The van der Waals surface area contributed by atoms with Crippen LogP contribution < -0.4 is 5.32 Å². The van der Waals surface area contributed by atoms with E-state index in [4.69, 9.17) is 0 Å². The predicted molar refractivity (Wildman–Crippen MR) is 61.0 cm³/mol. The molecule has 0 amide bonds. The van der Waals surface area contributed by atoms with Gasteiger partial charge in [-0.05, 0) is 19.9 Å². The molecular formula is C11H14N4. The van der Waals surface area contributed by atoms with Crippen LogP contribution in [-0.4, -0.2) is 21.1 Å². The molecule has 0 unspecified atom stereocenters. The Bertz CT molecular complexity index is 498. The first-order chi connectivity index (χ1) is 7.16. The van der Waals surface area contributed by atoms with Crippen LogP contribution in [0.25, 0.3) is 5.52 Å². The molecule has 0 atom stereocenters. The summed E-state index contributed by atoms with van der Waals surface area (Å²) < 4.78 is 1.82. The Morgan fingerprint density at radius 3 is 3.13 bits per heavy atom. The van der Waals surface area contributed by atoms with Gasteiger partial charge in [-0.2, -0.15) is 5.10 Å². The average Bonchev–Trinajstić information content (AvgIpc) is 2.55. The van der Waals surface area contributed by atoms with Gasteiger partial charge in [-0.1, -0.05) is 12.2 Å². The summed E-state index contributed by atoms with van der Waals surface area (Å²) >= 11 is 0. The SMILES string of the molecule is C=C(C)CNc1nccn2nc(C)cc12. The van der Waals surface area contributed by atoms with Gasteiger partial charge in [-0.15, -0.1) is 0 Å². The molecule has 0 fully saturated rings. The van der Waals surface area contributed by atoms with Crippen molar-refractivity contribution >= 4 is 11.3 Å². The van der Waals surface area contributed by atoms with E-state index in [2.05, 4.69) is 22.0 Å².